The minimum Gasteiger partial charge on any atom is -0.487 e. The highest BCUT2D eigenvalue weighted by Crippen LogP contribution is 2.37. The minimum absolute atomic E-state index is 0.0626. The molecule has 3 N–H and O–H groups in total. The highest BCUT2D eigenvalue weighted by molar-refractivity contribution is 7.11. The van der Waals surface area contributed by atoms with Crippen molar-refractivity contribution in [3.05, 3.63) is 0 Å². The Morgan fingerprint density at radius 3 is 2.82 bits per heavy atom. The van der Waals surface area contributed by atoms with Crippen LogP contribution in [0.3, 0.4) is 0 Å². The first-order valence-corrected chi connectivity index (χ1v) is 6.24. The van der Waals surface area contributed by atoms with E-state index in [4.69, 9.17) is 20.3 Å². The van der Waals surface area contributed by atoms with E-state index in [-0.39, 0.29) is 6.61 Å². The molecule has 17 heavy (non-hydrogen) atoms. The van der Waals surface area contributed by atoms with Gasteiger partial charge in [0.25, 0.3) is 0 Å². The van der Waals surface area contributed by atoms with Crippen LogP contribution in [0, 0.1) is 0 Å². The lowest BCUT2D eigenvalue weighted by atomic mass is 10.4. The van der Waals surface area contributed by atoms with Crippen LogP contribution < -0.4 is 15.4 Å². The van der Waals surface area contributed by atoms with Gasteiger partial charge in [-0.2, -0.15) is 4.37 Å². The van der Waals surface area contributed by atoms with E-state index in [1.54, 1.807) is 7.11 Å². The van der Waals surface area contributed by atoms with Crippen molar-refractivity contribution in [1.29, 1.82) is 0 Å². The Hall–Kier alpha value is -1.05. The second-order valence-corrected chi connectivity index (χ2v) is 4.09. The number of aliphatic hydroxyl groups excluding tert-OH is 1. The van der Waals surface area contributed by atoms with Crippen LogP contribution in [0.1, 0.15) is 6.92 Å². The van der Waals surface area contributed by atoms with Gasteiger partial charge < -0.3 is 25.2 Å². The van der Waals surface area contributed by atoms with E-state index in [0.29, 0.717) is 37.9 Å². The number of nitrogens with zero attached hydrogens (tertiary/aromatic N) is 2. The summed E-state index contributed by atoms with van der Waals surface area (Å²) in [7, 11) is 1.64. The molecule has 0 saturated heterocycles. The smallest absolute Gasteiger partial charge is 0.197 e. The van der Waals surface area contributed by atoms with E-state index in [0.717, 1.165) is 5.00 Å². The summed E-state index contributed by atoms with van der Waals surface area (Å²) in [5.74, 6) is 0.995. The summed E-state index contributed by atoms with van der Waals surface area (Å²) in [6.07, 6.45) is 0. The second kappa shape index (κ2) is 7.31. The summed E-state index contributed by atoms with van der Waals surface area (Å²) < 4.78 is 14.6. The van der Waals surface area contributed by atoms with Gasteiger partial charge in [0.15, 0.2) is 16.6 Å². The summed E-state index contributed by atoms with van der Waals surface area (Å²) in [6.45, 7) is 4.24. The molecule has 1 aromatic rings. The highest BCUT2D eigenvalue weighted by atomic mass is 32.1. The van der Waals surface area contributed by atoms with Gasteiger partial charge in [-0.05, 0) is 18.5 Å². The topological polar surface area (TPSA) is 80.8 Å². The van der Waals surface area contributed by atoms with Gasteiger partial charge in [-0.15, -0.1) is 0 Å². The Bertz CT molecular complexity index is 333. The Morgan fingerprint density at radius 1 is 1.47 bits per heavy atom. The molecule has 0 aliphatic carbocycles. The largest absolute Gasteiger partial charge is 0.487 e. The summed E-state index contributed by atoms with van der Waals surface area (Å²) >= 11 is 1.27. The number of nitrogens with two attached hydrogens (primary N) is 1. The van der Waals surface area contributed by atoms with Crippen molar-refractivity contribution in [3.8, 4) is 5.75 Å². The molecule has 0 amide bonds. The van der Waals surface area contributed by atoms with Crippen LogP contribution in [0.4, 0.5) is 10.8 Å². The number of aliphatic hydroxyl groups is 1. The molecule has 0 saturated carbocycles. The third-order valence-electron chi connectivity index (χ3n) is 2.17. The third kappa shape index (κ3) is 3.72. The molecular weight excluding hydrogens is 242 g/mol. The quantitative estimate of drug-likeness (QED) is 0.712. The molecule has 0 atom stereocenters. The average molecular weight is 261 g/mol. The zero-order chi connectivity index (χ0) is 12.7. The van der Waals surface area contributed by atoms with Gasteiger partial charge in [-0.3, -0.25) is 0 Å². The third-order valence-corrected chi connectivity index (χ3v) is 3.07. The maximum absolute atomic E-state index is 9.05. The predicted molar refractivity (Wildman–Crippen MR) is 68.9 cm³/mol. The molecule has 7 heteroatoms. The SMILES string of the molecule is CCOc1c(N)nsc1N(CCO)CCOC. The van der Waals surface area contributed by atoms with Crippen molar-refractivity contribution in [2.45, 2.75) is 6.92 Å². The lowest BCUT2D eigenvalue weighted by Crippen LogP contribution is -2.29. The number of anilines is 2. The van der Waals surface area contributed by atoms with Crippen LogP contribution in [-0.4, -0.2) is 49.5 Å². The Kier molecular flexibility index (Phi) is 6.03. The van der Waals surface area contributed by atoms with Crippen molar-refractivity contribution in [1.82, 2.24) is 4.37 Å². The van der Waals surface area contributed by atoms with Crippen molar-refractivity contribution in [3.63, 3.8) is 0 Å². The van der Waals surface area contributed by atoms with Crippen molar-refractivity contribution < 1.29 is 14.6 Å². The molecule has 98 valence electrons. The van der Waals surface area contributed by atoms with Crippen molar-refractivity contribution >= 4 is 22.4 Å². The van der Waals surface area contributed by atoms with E-state index in [1.165, 1.54) is 11.5 Å². The molecule has 0 spiro atoms. The van der Waals surface area contributed by atoms with Gasteiger partial charge in [-0.25, -0.2) is 0 Å². The lowest BCUT2D eigenvalue weighted by molar-refractivity contribution is 0.202. The summed E-state index contributed by atoms with van der Waals surface area (Å²) in [4.78, 5) is 1.96. The highest BCUT2D eigenvalue weighted by Gasteiger charge is 2.18. The molecule has 0 bridgehead atoms. The molecule has 1 heterocycles. The normalized spacial score (nSPS) is 10.5. The minimum atomic E-state index is 0.0626. The number of hydrogen-bond acceptors (Lipinski definition) is 7. The van der Waals surface area contributed by atoms with Gasteiger partial charge in [0, 0.05) is 20.2 Å². The van der Waals surface area contributed by atoms with E-state index in [9.17, 15) is 0 Å². The summed E-state index contributed by atoms with van der Waals surface area (Å²) in [6, 6.07) is 0. The molecule has 0 aliphatic rings. The first-order valence-electron chi connectivity index (χ1n) is 5.47. The molecule has 0 fully saturated rings. The van der Waals surface area contributed by atoms with Gasteiger partial charge >= 0.3 is 0 Å². The fourth-order valence-electron chi connectivity index (χ4n) is 1.40. The molecule has 0 aromatic carbocycles. The molecule has 1 rings (SSSR count). The van der Waals surface area contributed by atoms with Crippen LogP contribution in [0.5, 0.6) is 5.75 Å². The van der Waals surface area contributed by atoms with Gasteiger partial charge in [0.05, 0.1) is 19.8 Å². The number of nitrogen functional groups attached to an aromatic ring is 1. The van der Waals surface area contributed by atoms with E-state index >= 15 is 0 Å². The van der Waals surface area contributed by atoms with Crippen LogP contribution in [0.15, 0.2) is 0 Å². The van der Waals surface area contributed by atoms with Crippen LogP contribution in [0.2, 0.25) is 0 Å². The number of ether oxygens (including phenoxy) is 2. The maximum atomic E-state index is 9.05. The molecule has 0 unspecified atom stereocenters. The first-order chi connectivity index (χ1) is 8.24. The maximum Gasteiger partial charge on any atom is 0.197 e. The van der Waals surface area contributed by atoms with E-state index in [2.05, 4.69) is 4.37 Å². The molecule has 0 radical (unpaired) electrons. The van der Waals surface area contributed by atoms with Crippen LogP contribution in [-0.2, 0) is 4.74 Å². The Labute approximate surface area is 105 Å². The fraction of sp³-hybridized carbons (Fsp3) is 0.700. The average Bonchev–Trinajstić information content (AvgIpc) is 2.67. The van der Waals surface area contributed by atoms with Crippen molar-refractivity contribution in [2.75, 3.05) is 50.7 Å². The summed E-state index contributed by atoms with van der Waals surface area (Å²) in [5.41, 5.74) is 5.74. The Morgan fingerprint density at radius 2 is 2.24 bits per heavy atom. The van der Waals surface area contributed by atoms with Gasteiger partial charge in [0.1, 0.15) is 0 Å². The van der Waals surface area contributed by atoms with E-state index < -0.39 is 0 Å². The van der Waals surface area contributed by atoms with E-state index in [1.807, 2.05) is 11.8 Å². The number of hydrogen-bond donors (Lipinski definition) is 2. The fourth-order valence-corrected chi connectivity index (χ4v) is 2.22. The summed E-state index contributed by atoms with van der Waals surface area (Å²) in [5, 5.41) is 9.90. The number of aromatic nitrogens is 1. The molecule has 0 aliphatic heterocycles. The first kappa shape index (κ1) is 14.0. The zero-order valence-corrected chi connectivity index (χ0v) is 11.0. The van der Waals surface area contributed by atoms with Crippen molar-refractivity contribution in [2.24, 2.45) is 0 Å². The predicted octanol–water partition coefficient (Wildman–Crippen LogP) is 0.569. The zero-order valence-electron chi connectivity index (χ0n) is 10.2. The van der Waals surface area contributed by atoms with Gasteiger partial charge in [-0.1, -0.05) is 0 Å². The molecular formula is C10H19N3O3S. The van der Waals surface area contributed by atoms with Gasteiger partial charge in [0.2, 0.25) is 0 Å². The Balaban J connectivity index is 2.84. The molecule has 1 aromatic heterocycles. The monoisotopic (exact) mass is 261 g/mol. The number of methoxy groups -OCH3 is 1. The van der Waals surface area contributed by atoms with Crippen LogP contribution >= 0.6 is 11.5 Å². The lowest BCUT2D eigenvalue weighted by Gasteiger charge is -2.22. The van der Waals surface area contributed by atoms with Crippen LogP contribution in [0.25, 0.3) is 0 Å². The number of rotatable bonds is 8. The molecule has 6 nitrogen and oxygen atoms in total. The second-order valence-electron chi connectivity index (χ2n) is 3.34. The standard InChI is InChI=1S/C10H19N3O3S/c1-3-16-8-9(11)12-17-10(8)13(4-6-14)5-7-15-2/h14H,3-7H2,1-2H3,(H2,11,12).